The van der Waals surface area contributed by atoms with Gasteiger partial charge in [0.15, 0.2) is 12.3 Å². The molecule has 1 amide bonds. The summed E-state index contributed by atoms with van der Waals surface area (Å²) in [6, 6.07) is 13.9. The largest absolute Gasteiger partial charge is 0.483 e. The number of hydrogen-bond acceptors (Lipinski definition) is 5. The first-order chi connectivity index (χ1) is 12.6. The number of nitrogens with one attached hydrogen (secondary N) is 1. The quantitative estimate of drug-likeness (QED) is 0.712. The van der Waals surface area contributed by atoms with Crippen LogP contribution < -0.4 is 10.1 Å². The maximum atomic E-state index is 12.9. The number of carbonyl (C=O) groups excluding carboxylic acids is 2. The van der Waals surface area contributed by atoms with E-state index in [1.807, 2.05) is 0 Å². The number of pyridine rings is 1. The van der Waals surface area contributed by atoms with E-state index in [2.05, 4.69) is 15.0 Å². The van der Waals surface area contributed by atoms with E-state index in [0.717, 1.165) is 0 Å². The lowest BCUT2D eigenvalue weighted by Crippen LogP contribution is -2.20. The third-order valence-corrected chi connectivity index (χ3v) is 3.56. The molecule has 0 atom stereocenters. The fourth-order valence-corrected chi connectivity index (χ4v) is 2.35. The molecule has 0 spiro atoms. The summed E-state index contributed by atoms with van der Waals surface area (Å²) in [5.74, 6) is -1.07. The monoisotopic (exact) mass is 354 g/mol. The molecule has 3 rings (SSSR count). The fourth-order valence-electron chi connectivity index (χ4n) is 2.35. The van der Waals surface area contributed by atoms with Crippen molar-refractivity contribution in [3.05, 3.63) is 66.1 Å². The molecule has 2 aromatic carbocycles. The lowest BCUT2D eigenvalue weighted by molar-refractivity contribution is -0.118. The van der Waals surface area contributed by atoms with Crippen molar-refractivity contribution in [3.63, 3.8) is 0 Å². The maximum Gasteiger partial charge on any atom is 0.356 e. The average molecular weight is 354 g/mol. The van der Waals surface area contributed by atoms with Crippen molar-refractivity contribution in [3.8, 4) is 5.75 Å². The minimum Gasteiger partial charge on any atom is -0.483 e. The summed E-state index contributed by atoms with van der Waals surface area (Å²) in [4.78, 5) is 28.0. The second-order valence-corrected chi connectivity index (χ2v) is 5.36. The molecule has 0 aliphatic heterocycles. The molecule has 1 heterocycles. The number of benzene rings is 2. The summed E-state index contributed by atoms with van der Waals surface area (Å²) in [5, 5.41) is 3.26. The normalized spacial score (nSPS) is 10.4. The molecule has 6 nitrogen and oxygen atoms in total. The minimum absolute atomic E-state index is 0.0835. The SMILES string of the molecule is COC(=O)c1cc(OCC(=O)Nc2ccc(F)cc2)c2ccccc2n1. The lowest BCUT2D eigenvalue weighted by atomic mass is 10.2. The van der Waals surface area contributed by atoms with Crippen molar-refractivity contribution < 1.29 is 23.5 Å². The molecule has 0 fully saturated rings. The van der Waals surface area contributed by atoms with Gasteiger partial charge in [-0.15, -0.1) is 0 Å². The molecule has 0 bridgehead atoms. The van der Waals surface area contributed by atoms with Gasteiger partial charge in [0.05, 0.1) is 12.6 Å². The molecule has 3 aromatic rings. The van der Waals surface area contributed by atoms with E-state index in [9.17, 15) is 14.0 Å². The number of hydrogen-bond donors (Lipinski definition) is 1. The van der Waals surface area contributed by atoms with Gasteiger partial charge in [0, 0.05) is 17.1 Å². The molecule has 0 unspecified atom stereocenters. The van der Waals surface area contributed by atoms with Crippen LogP contribution in [0.3, 0.4) is 0 Å². The van der Waals surface area contributed by atoms with Crippen molar-refractivity contribution in [1.29, 1.82) is 0 Å². The van der Waals surface area contributed by atoms with E-state index in [1.165, 1.54) is 37.4 Å². The summed E-state index contributed by atoms with van der Waals surface area (Å²) in [6.45, 7) is -0.286. The average Bonchev–Trinajstić information content (AvgIpc) is 2.67. The Morgan fingerprint density at radius 2 is 1.85 bits per heavy atom. The maximum absolute atomic E-state index is 12.9. The number of para-hydroxylation sites is 1. The van der Waals surface area contributed by atoms with Gasteiger partial charge in [-0.25, -0.2) is 14.2 Å². The molecule has 0 radical (unpaired) electrons. The number of fused-ring (bicyclic) bond motifs is 1. The predicted molar refractivity (Wildman–Crippen MR) is 93.6 cm³/mol. The van der Waals surface area contributed by atoms with Crippen LogP contribution in [-0.4, -0.2) is 30.6 Å². The number of esters is 1. The molecule has 132 valence electrons. The molecule has 1 aromatic heterocycles. The lowest BCUT2D eigenvalue weighted by Gasteiger charge is -2.11. The number of nitrogens with zero attached hydrogens (tertiary/aromatic N) is 1. The Hall–Kier alpha value is -3.48. The Morgan fingerprint density at radius 1 is 1.12 bits per heavy atom. The first kappa shape index (κ1) is 17.3. The molecule has 7 heteroatoms. The van der Waals surface area contributed by atoms with Gasteiger partial charge in [-0.1, -0.05) is 12.1 Å². The van der Waals surface area contributed by atoms with Crippen molar-refractivity contribution in [2.45, 2.75) is 0 Å². The van der Waals surface area contributed by atoms with Gasteiger partial charge in [0.1, 0.15) is 11.6 Å². The van der Waals surface area contributed by atoms with Gasteiger partial charge in [-0.2, -0.15) is 0 Å². The fraction of sp³-hybridized carbons (Fsp3) is 0.105. The van der Waals surface area contributed by atoms with Crippen LogP contribution in [0.2, 0.25) is 0 Å². The number of carbonyl (C=O) groups is 2. The summed E-state index contributed by atoms with van der Waals surface area (Å²) < 4.78 is 23.2. The highest BCUT2D eigenvalue weighted by Crippen LogP contribution is 2.25. The Balaban J connectivity index is 1.78. The molecule has 1 N–H and O–H groups in total. The minimum atomic E-state index is -0.601. The summed E-state index contributed by atoms with van der Waals surface area (Å²) >= 11 is 0. The van der Waals surface area contributed by atoms with E-state index in [4.69, 9.17) is 4.74 Å². The van der Waals surface area contributed by atoms with Crippen molar-refractivity contribution in [2.24, 2.45) is 0 Å². The molecule has 0 aliphatic carbocycles. The van der Waals surface area contributed by atoms with E-state index in [1.54, 1.807) is 24.3 Å². The first-order valence-corrected chi connectivity index (χ1v) is 7.73. The summed E-state index contributed by atoms with van der Waals surface area (Å²) in [7, 11) is 1.26. The van der Waals surface area contributed by atoms with E-state index < -0.39 is 17.7 Å². The number of aromatic nitrogens is 1. The van der Waals surface area contributed by atoms with Gasteiger partial charge < -0.3 is 14.8 Å². The number of rotatable bonds is 5. The van der Waals surface area contributed by atoms with Crippen molar-refractivity contribution in [2.75, 3.05) is 19.0 Å². The zero-order chi connectivity index (χ0) is 18.5. The van der Waals surface area contributed by atoms with E-state index in [-0.39, 0.29) is 12.3 Å². The molecule has 0 saturated carbocycles. The Labute approximate surface area is 148 Å². The van der Waals surface area contributed by atoms with Gasteiger partial charge in [0.25, 0.3) is 5.91 Å². The summed E-state index contributed by atoms with van der Waals surface area (Å²) in [6.07, 6.45) is 0. The van der Waals surface area contributed by atoms with Crippen LogP contribution in [0.5, 0.6) is 5.75 Å². The molecule has 26 heavy (non-hydrogen) atoms. The van der Waals surface area contributed by atoms with E-state index in [0.29, 0.717) is 22.3 Å². The third-order valence-electron chi connectivity index (χ3n) is 3.56. The zero-order valence-electron chi connectivity index (χ0n) is 13.9. The number of halogens is 1. The van der Waals surface area contributed by atoms with E-state index >= 15 is 0 Å². The van der Waals surface area contributed by atoms with Gasteiger partial charge in [-0.05, 0) is 36.4 Å². The van der Waals surface area contributed by atoms with Crippen LogP contribution in [0.4, 0.5) is 10.1 Å². The molecular formula is C19H15FN2O4. The Kier molecular flexibility index (Phi) is 5.07. The molecule has 0 saturated heterocycles. The highest BCUT2D eigenvalue weighted by molar-refractivity contribution is 5.95. The van der Waals surface area contributed by atoms with Crippen LogP contribution in [0.15, 0.2) is 54.6 Å². The number of anilines is 1. The Morgan fingerprint density at radius 3 is 2.58 bits per heavy atom. The van der Waals surface area contributed by atoms with Gasteiger partial charge in [0.2, 0.25) is 0 Å². The highest BCUT2D eigenvalue weighted by atomic mass is 19.1. The standard InChI is InChI=1S/C19H15FN2O4/c1-25-19(24)16-10-17(14-4-2-3-5-15(14)22-16)26-11-18(23)21-13-8-6-12(20)7-9-13/h2-10H,11H2,1H3,(H,21,23). The zero-order valence-corrected chi connectivity index (χ0v) is 13.9. The topological polar surface area (TPSA) is 77.5 Å². The second-order valence-electron chi connectivity index (χ2n) is 5.36. The highest BCUT2D eigenvalue weighted by Gasteiger charge is 2.14. The number of ether oxygens (including phenoxy) is 2. The second kappa shape index (κ2) is 7.60. The number of methoxy groups -OCH3 is 1. The summed E-state index contributed by atoms with van der Waals surface area (Å²) in [5.41, 5.74) is 1.08. The van der Waals surface area contributed by atoms with Crippen LogP contribution in [-0.2, 0) is 9.53 Å². The van der Waals surface area contributed by atoms with Gasteiger partial charge in [-0.3, -0.25) is 4.79 Å². The van der Waals surface area contributed by atoms with Crippen LogP contribution in [0.1, 0.15) is 10.5 Å². The van der Waals surface area contributed by atoms with Crippen LogP contribution in [0, 0.1) is 5.82 Å². The third kappa shape index (κ3) is 3.94. The smallest absolute Gasteiger partial charge is 0.356 e. The first-order valence-electron chi connectivity index (χ1n) is 7.73. The molecule has 0 aliphatic rings. The number of amides is 1. The molecular weight excluding hydrogens is 339 g/mol. The van der Waals surface area contributed by atoms with Crippen LogP contribution in [0.25, 0.3) is 10.9 Å². The van der Waals surface area contributed by atoms with Gasteiger partial charge >= 0.3 is 5.97 Å². The van der Waals surface area contributed by atoms with Crippen molar-refractivity contribution in [1.82, 2.24) is 4.98 Å². The Bertz CT molecular complexity index is 957. The predicted octanol–water partition coefficient (Wildman–Crippen LogP) is 3.18. The van der Waals surface area contributed by atoms with Crippen molar-refractivity contribution >= 4 is 28.5 Å². The van der Waals surface area contributed by atoms with Crippen LogP contribution >= 0.6 is 0 Å².